The number of imidazole rings is 1. The molecule has 1 fully saturated rings. The molecule has 0 bridgehead atoms. The fraction of sp³-hybridized carbons (Fsp3) is 0.500. The van der Waals surface area contributed by atoms with Crippen LogP contribution in [0, 0.1) is 6.92 Å². The molecule has 3 N–H and O–H groups in total. The van der Waals surface area contributed by atoms with Crippen molar-refractivity contribution >= 4 is 17.8 Å². The standard InChI is InChI=1S/C12H17N5O3/c1-7-5-13-9(14-7)6-17(2)10(18)4-3-8-11(19)16-12(20)15-8/h5,8H,3-4,6H2,1-2H3,(H,13,14)(H2,15,16,19,20)/t8-/m0/s1. The molecule has 2 rings (SSSR count). The number of aryl methyl sites for hydroxylation is 1. The highest BCUT2D eigenvalue weighted by molar-refractivity contribution is 6.04. The summed E-state index contributed by atoms with van der Waals surface area (Å²) in [6.45, 7) is 2.27. The Labute approximate surface area is 115 Å². The minimum Gasteiger partial charge on any atom is -0.345 e. The highest BCUT2D eigenvalue weighted by atomic mass is 16.2. The maximum Gasteiger partial charge on any atom is 0.322 e. The normalized spacial score (nSPS) is 17.8. The number of nitrogens with one attached hydrogen (secondary N) is 3. The van der Waals surface area contributed by atoms with Gasteiger partial charge in [-0.3, -0.25) is 14.9 Å². The van der Waals surface area contributed by atoms with Crippen molar-refractivity contribution in [3.05, 3.63) is 17.7 Å². The van der Waals surface area contributed by atoms with Crippen LogP contribution >= 0.6 is 0 Å². The average molecular weight is 279 g/mol. The van der Waals surface area contributed by atoms with Crippen LogP contribution in [0.25, 0.3) is 0 Å². The molecule has 0 unspecified atom stereocenters. The van der Waals surface area contributed by atoms with Crippen LogP contribution in [0.5, 0.6) is 0 Å². The third-order valence-electron chi connectivity index (χ3n) is 3.07. The van der Waals surface area contributed by atoms with E-state index in [2.05, 4.69) is 20.6 Å². The predicted molar refractivity (Wildman–Crippen MR) is 69.5 cm³/mol. The molecule has 1 saturated heterocycles. The van der Waals surface area contributed by atoms with Gasteiger partial charge in [-0.1, -0.05) is 0 Å². The van der Waals surface area contributed by atoms with Crippen LogP contribution in [0.2, 0.25) is 0 Å². The first-order valence-electron chi connectivity index (χ1n) is 6.31. The molecule has 1 aromatic rings. The van der Waals surface area contributed by atoms with Gasteiger partial charge in [-0.25, -0.2) is 9.78 Å². The van der Waals surface area contributed by atoms with Crippen LogP contribution in [0.15, 0.2) is 6.20 Å². The Hall–Kier alpha value is -2.38. The summed E-state index contributed by atoms with van der Waals surface area (Å²) in [5.41, 5.74) is 0.936. The number of hydrogen-bond donors (Lipinski definition) is 3. The summed E-state index contributed by atoms with van der Waals surface area (Å²) in [6, 6.07) is -1.13. The first-order chi connectivity index (χ1) is 9.45. The fourth-order valence-electron chi connectivity index (χ4n) is 1.98. The van der Waals surface area contributed by atoms with Crippen molar-refractivity contribution < 1.29 is 14.4 Å². The third-order valence-corrected chi connectivity index (χ3v) is 3.07. The predicted octanol–water partition coefficient (Wildman–Crippen LogP) is -0.335. The van der Waals surface area contributed by atoms with E-state index in [1.165, 1.54) is 4.90 Å². The molecule has 8 nitrogen and oxygen atoms in total. The minimum absolute atomic E-state index is 0.104. The molecule has 108 valence electrons. The van der Waals surface area contributed by atoms with Crippen molar-refractivity contribution in [2.75, 3.05) is 7.05 Å². The van der Waals surface area contributed by atoms with E-state index >= 15 is 0 Å². The Bertz CT molecular complexity index is 539. The van der Waals surface area contributed by atoms with Crippen molar-refractivity contribution in [1.82, 2.24) is 25.5 Å². The van der Waals surface area contributed by atoms with Gasteiger partial charge in [-0.2, -0.15) is 0 Å². The van der Waals surface area contributed by atoms with Crippen LogP contribution in [-0.4, -0.2) is 45.8 Å². The number of rotatable bonds is 5. The van der Waals surface area contributed by atoms with Gasteiger partial charge in [0.1, 0.15) is 11.9 Å². The molecule has 1 aliphatic rings. The van der Waals surface area contributed by atoms with Gasteiger partial charge in [0, 0.05) is 25.4 Å². The second-order valence-corrected chi connectivity index (χ2v) is 4.82. The number of carbonyl (C=O) groups is 3. The highest BCUT2D eigenvalue weighted by Crippen LogP contribution is 2.06. The molecule has 1 atom stereocenters. The lowest BCUT2D eigenvalue weighted by atomic mass is 10.1. The van der Waals surface area contributed by atoms with E-state index in [0.29, 0.717) is 12.4 Å². The maximum absolute atomic E-state index is 11.9. The lowest BCUT2D eigenvalue weighted by molar-refractivity contribution is -0.130. The monoisotopic (exact) mass is 279 g/mol. The summed E-state index contributed by atoms with van der Waals surface area (Å²) in [6.07, 6.45) is 2.18. The number of hydrogen-bond acceptors (Lipinski definition) is 4. The Morgan fingerprint density at radius 2 is 2.20 bits per heavy atom. The zero-order valence-corrected chi connectivity index (χ0v) is 11.4. The summed E-state index contributed by atoms with van der Waals surface area (Å²) in [5.74, 6) is 0.227. The van der Waals surface area contributed by atoms with Gasteiger partial charge in [-0.05, 0) is 13.3 Å². The van der Waals surface area contributed by atoms with E-state index in [-0.39, 0.29) is 24.7 Å². The Morgan fingerprint density at radius 1 is 1.45 bits per heavy atom. The molecule has 1 aromatic heterocycles. The molecule has 1 aliphatic heterocycles. The molecule has 4 amide bonds. The largest absolute Gasteiger partial charge is 0.345 e. The SMILES string of the molecule is Cc1cnc(CN(C)C(=O)CC[C@@H]2NC(=O)NC2=O)[nH]1. The number of nitrogens with zero attached hydrogens (tertiary/aromatic N) is 2. The van der Waals surface area contributed by atoms with Crippen LogP contribution < -0.4 is 10.6 Å². The number of imide groups is 1. The van der Waals surface area contributed by atoms with E-state index in [4.69, 9.17) is 0 Å². The van der Waals surface area contributed by atoms with Crippen molar-refractivity contribution in [1.29, 1.82) is 0 Å². The number of amides is 4. The van der Waals surface area contributed by atoms with Crippen molar-refractivity contribution in [2.45, 2.75) is 32.4 Å². The molecule has 0 spiro atoms. The summed E-state index contributed by atoms with van der Waals surface area (Å²) >= 11 is 0. The molecule has 0 aliphatic carbocycles. The number of H-pyrrole nitrogens is 1. The molecular formula is C12H17N5O3. The van der Waals surface area contributed by atoms with Gasteiger partial charge in [0.15, 0.2) is 0 Å². The van der Waals surface area contributed by atoms with Crippen molar-refractivity contribution in [3.8, 4) is 0 Å². The van der Waals surface area contributed by atoms with Gasteiger partial charge in [0.05, 0.1) is 6.54 Å². The van der Waals surface area contributed by atoms with Gasteiger partial charge >= 0.3 is 6.03 Å². The number of urea groups is 1. The topological polar surface area (TPSA) is 107 Å². The van der Waals surface area contributed by atoms with Gasteiger partial charge in [0.2, 0.25) is 5.91 Å². The molecule has 0 saturated carbocycles. The zero-order valence-electron chi connectivity index (χ0n) is 11.4. The van der Waals surface area contributed by atoms with Crippen LogP contribution in [0.3, 0.4) is 0 Å². The quantitative estimate of drug-likeness (QED) is 0.641. The highest BCUT2D eigenvalue weighted by Gasteiger charge is 2.29. The van der Waals surface area contributed by atoms with Gasteiger partial charge in [0.25, 0.3) is 5.91 Å². The Morgan fingerprint density at radius 3 is 2.75 bits per heavy atom. The van der Waals surface area contributed by atoms with E-state index in [0.717, 1.165) is 5.69 Å². The van der Waals surface area contributed by atoms with Crippen LogP contribution in [-0.2, 0) is 16.1 Å². The van der Waals surface area contributed by atoms with Crippen LogP contribution in [0.4, 0.5) is 4.79 Å². The number of aromatic nitrogens is 2. The molecule has 0 radical (unpaired) electrons. The number of aromatic amines is 1. The lowest BCUT2D eigenvalue weighted by Gasteiger charge is -2.16. The smallest absolute Gasteiger partial charge is 0.322 e. The van der Waals surface area contributed by atoms with E-state index in [1.54, 1.807) is 13.2 Å². The molecule has 0 aromatic carbocycles. The maximum atomic E-state index is 11.9. The van der Waals surface area contributed by atoms with Gasteiger partial charge in [-0.15, -0.1) is 0 Å². The lowest BCUT2D eigenvalue weighted by Crippen LogP contribution is -2.32. The average Bonchev–Trinajstić information content (AvgIpc) is 2.92. The summed E-state index contributed by atoms with van der Waals surface area (Å²) < 4.78 is 0. The number of carbonyl (C=O) groups excluding carboxylic acids is 3. The Kier molecular flexibility index (Phi) is 4.02. The summed E-state index contributed by atoms with van der Waals surface area (Å²) in [7, 11) is 1.67. The minimum atomic E-state index is -0.620. The zero-order chi connectivity index (χ0) is 14.7. The molecular weight excluding hydrogens is 262 g/mol. The second kappa shape index (κ2) is 5.72. The molecule has 2 heterocycles. The third kappa shape index (κ3) is 3.34. The van der Waals surface area contributed by atoms with Crippen molar-refractivity contribution in [3.63, 3.8) is 0 Å². The first-order valence-corrected chi connectivity index (χ1v) is 6.31. The van der Waals surface area contributed by atoms with E-state index in [9.17, 15) is 14.4 Å². The molecule has 20 heavy (non-hydrogen) atoms. The molecule has 8 heteroatoms. The van der Waals surface area contributed by atoms with Gasteiger partial charge < -0.3 is 15.2 Å². The summed E-state index contributed by atoms with van der Waals surface area (Å²) in [4.78, 5) is 42.9. The second-order valence-electron chi connectivity index (χ2n) is 4.82. The van der Waals surface area contributed by atoms with E-state index < -0.39 is 12.1 Å². The fourth-order valence-corrected chi connectivity index (χ4v) is 1.98. The van der Waals surface area contributed by atoms with Crippen LogP contribution in [0.1, 0.15) is 24.4 Å². The van der Waals surface area contributed by atoms with Crippen molar-refractivity contribution in [2.24, 2.45) is 0 Å². The van der Waals surface area contributed by atoms with E-state index in [1.807, 2.05) is 6.92 Å². The first kappa shape index (κ1) is 14.0. The summed E-state index contributed by atoms with van der Waals surface area (Å²) in [5, 5.41) is 4.60. The Balaban J connectivity index is 1.79.